The van der Waals surface area contributed by atoms with Crippen molar-refractivity contribution in [2.24, 2.45) is 0 Å². The molecule has 0 heterocycles. The Kier molecular flexibility index (Phi) is 11.6. The summed E-state index contributed by atoms with van der Waals surface area (Å²) in [4.78, 5) is 20.3. The number of alkyl halides is 9. The molecule has 0 amide bonds. The van der Waals surface area contributed by atoms with Crippen molar-refractivity contribution in [3.05, 3.63) is 0 Å². The molecule has 0 unspecified atom stereocenters. The first-order valence-electron chi connectivity index (χ1n) is 3.52. The minimum Gasteiger partial charge on any atom is -0.402 e. The molecule has 15 heteroatoms. The molecule has 20 heavy (non-hydrogen) atoms. The second-order valence-electron chi connectivity index (χ2n) is 2.13. The Morgan fingerprint density at radius 3 is 0.950 bits per heavy atom. The summed E-state index contributed by atoms with van der Waals surface area (Å²) in [6.07, 6.45) is -1.41. The van der Waals surface area contributed by atoms with Gasteiger partial charge in [0.05, 0.1) is 0 Å². The molecule has 0 aromatic carbocycles. The largest absolute Gasteiger partial charge is 0.515 e. The van der Waals surface area contributed by atoms with Crippen LogP contribution in [0, 0.1) is 0 Å². The Hall–Kier alpha value is 1.64. The highest BCUT2D eigenvalue weighted by Crippen LogP contribution is 2.32. The smallest absolute Gasteiger partial charge is 0.402 e. The fourth-order valence-electron chi connectivity index (χ4n) is 0.301. The van der Waals surface area contributed by atoms with Crippen LogP contribution >= 0.6 is 116 Å². The van der Waals surface area contributed by atoms with Gasteiger partial charge in [-0.2, -0.15) is 0 Å². The third-order valence-electron chi connectivity index (χ3n) is 0.594. The van der Waals surface area contributed by atoms with Crippen LogP contribution in [0.1, 0.15) is 0 Å². The maximum Gasteiger partial charge on any atom is 0.515 e. The summed E-state index contributed by atoms with van der Waals surface area (Å²) in [5, 5.41) is 0. The number of carbonyl (C=O) groups excluding carboxylic acids is 2. The molecular formula is C5Cl10O5. The lowest BCUT2D eigenvalue weighted by Crippen LogP contribution is -2.22. The average molecular weight is 495 g/mol. The predicted molar refractivity (Wildman–Crippen MR) is 80.8 cm³/mol. The molecule has 0 saturated heterocycles. The number of halogens is 10. The van der Waals surface area contributed by atoms with Crippen molar-refractivity contribution in [3.63, 3.8) is 0 Å². The van der Waals surface area contributed by atoms with E-state index < -0.39 is 23.5 Å². The fourth-order valence-corrected chi connectivity index (χ4v) is 1.12. The molecule has 0 spiro atoms. The van der Waals surface area contributed by atoms with Gasteiger partial charge in [-0.25, -0.2) is 9.59 Å². The minimum atomic E-state index is -2.24. The molecule has 0 N–H and O–H groups in total. The monoisotopic (exact) mass is 490 g/mol. The van der Waals surface area contributed by atoms with Gasteiger partial charge in [-0.3, -0.25) is 0 Å². The van der Waals surface area contributed by atoms with E-state index in [0.29, 0.717) is 0 Å². The summed E-state index contributed by atoms with van der Waals surface area (Å²) < 4.78 is 5.32. The van der Waals surface area contributed by atoms with E-state index in [1.165, 1.54) is 0 Å². The van der Waals surface area contributed by atoms with Gasteiger partial charge < -0.3 is 14.2 Å². The summed E-state index contributed by atoms with van der Waals surface area (Å²) in [7, 11) is 0. The summed E-state index contributed by atoms with van der Waals surface area (Å²) >= 11 is 49.7. The van der Waals surface area contributed by atoms with Crippen LogP contribution in [0.3, 0.4) is 0 Å². The van der Waals surface area contributed by atoms with Crippen molar-refractivity contribution in [2.75, 3.05) is 0 Å². The first-order valence-corrected chi connectivity index (χ1v) is 7.30. The Labute approximate surface area is 162 Å². The Morgan fingerprint density at radius 1 is 0.600 bits per heavy atom. The number of rotatable bonds is 0. The zero-order valence-corrected chi connectivity index (χ0v) is 15.9. The third-order valence-corrected chi connectivity index (χ3v) is 1.37. The SMILES string of the molecule is O=C(Cl)OC(Cl)(Cl)Cl.O=C(OC(Cl)(Cl)Cl)OC(Cl)(Cl)Cl. The van der Waals surface area contributed by atoms with Gasteiger partial charge in [0.25, 0.3) is 0 Å². The number of ether oxygens (including phenoxy) is 3. The lowest BCUT2D eigenvalue weighted by molar-refractivity contribution is 0.0508. The molecule has 0 rings (SSSR count). The van der Waals surface area contributed by atoms with Gasteiger partial charge in [0.15, 0.2) is 0 Å². The van der Waals surface area contributed by atoms with E-state index in [9.17, 15) is 9.59 Å². The van der Waals surface area contributed by atoms with Gasteiger partial charge in [0.2, 0.25) is 0 Å². The highest BCUT2D eigenvalue weighted by molar-refractivity contribution is 6.69. The van der Waals surface area contributed by atoms with E-state index in [1.54, 1.807) is 0 Å². The molecule has 0 aliphatic carbocycles. The van der Waals surface area contributed by atoms with Gasteiger partial charge in [-0.05, 0) is 104 Å². The second-order valence-corrected chi connectivity index (χ2v) is 8.97. The van der Waals surface area contributed by atoms with E-state index >= 15 is 0 Å². The zero-order valence-electron chi connectivity index (χ0n) is 8.32. The Morgan fingerprint density at radius 2 is 0.850 bits per heavy atom. The molecule has 120 valence electrons. The maximum absolute atomic E-state index is 10.5. The topological polar surface area (TPSA) is 61.8 Å². The molecule has 0 aliphatic rings. The van der Waals surface area contributed by atoms with Crippen molar-refractivity contribution in [1.82, 2.24) is 0 Å². The second kappa shape index (κ2) is 9.71. The van der Waals surface area contributed by atoms with Crippen molar-refractivity contribution >= 4 is 128 Å². The summed E-state index contributed by atoms with van der Waals surface area (Å²) in [6, 6.07) is 0. The van der Waals surface area contributed by atoms with Crippen molar-refractivity contribution < 1.29 is 23.8 Å². The van der Waals surface area contributed by atoms with Crippen LogP contribution in [0.25, 0.3) is 0 Å². The number of hydrogen-bond donors (Lipinski definition) is 0. The van der Waals surface area contributed by atoms with Gasteiger partial charge in [-0.1, -0.05) is 0 Å². The van der Waals surface area contributed by atoms with E-state index in [-0.39, 0.29) is 0 Å². The van der Waals surface area contributed by atoms with Crippen LogP contribution in [0.4, 0.5) is 9.59 Å². The number of carbonyl (C=O) groups is 2. The lowest BCUT2D eigenvalue weighted by Gasteiger charge is -2.15. The molecular weight excluding hydrogens is 495 g/mol. The van der Waals surface area contributed by atoms with E-state index in [0.717, 1.165) is 0 Å². The van der Waals surface area contributed by atoms with Crippen LogP contribution < -0.4 is 0 Å². The van der Waals surface area contributed by atoms with E-state index in [4.69, 9.17) is 104 Å². The summed E-state index contributed by atoms with van der Waals surface area (Å²) in [5.74, 6) is 0. The van der Waals surface area contributed by atoms with Crippen LogP contribution in [0.2, 0.25) is 0 Å². The van der Waals surface area contributed by atoms with Crippen LogP contribution in [-0.4, -0.2) is 23.5 Å². The Bertz CT molecular complexity index is 308. The highest BCUT2D eigenvalue weighted by atomic mass is 35.6. The maximum atomic E-state index is 10.5. The quantitative estimate of drug-likeness (QED) is 0.219. The van der Waals surface area contributed by atoms with Gasteiger partial charge in [-0.15, -0.1) is 0 Å². The van der Waals surface area contributed by atoms with E-state index in [1.807, 2.05) is 0 Å². The third kappa shape index (κ3) is 24.6. The van der Waals surface area contributed by atoms with Crippen LogP contribution in [0.5, 0.6) is 0 Å². The lowest BCUT2D eigenvalue weighted by atomic mass is 11.3. The van der Waals surface area contributed by atoms with Gasteiger partial charge in [0.1, 0.15) is 0 Å². The van der Waals surface area contributed by atoms with Crippen molar-refractivity contribution in [3.8, 4) is 0 Å². The molecule has 0 radical (unpaired) electrons. The summed E-state index contributed by atoms with van der Waals surface area (Å²) in [5.41, 5.74) is -1.15. The number of hydrogen-bond acceptors (Lipinski definition) is 5. The highest BCUT2D eigenvalue weighted by Gasteiger charge is 2.32. The normalized spacial score (nSPS) is 11.9. The predicted octanol–water partition coefficient (Wildman–Crippen LogP) is 6.48. The molecule has 5 nitrogen and oxygen atoms in total. The molecule has 0 aliphatic heterocycles. The van der Waals surface area contributed by atoms with Crippen LogP contribution in [-0.2, 0) is 14.2 Å². The van der Waals surface area contributed by atoms with Crippen molar-refractivity contribution in [2.45, 2.75) is 11.9 Å². The first kappa shape index (κ1) is 23.9. The minimum absolute atomic E-state index is 1.15. The van der Waals surface area contributed by atoms with Gasteiger partial charge in [0, 0.05) is 11.6 Å². The molecule has 0 aromatic rings. The first-order chi connectivity index (χ1) is 8.52. The molecule has 0 atom stereocenters. The zero-order chi connectivity index (χ0) is 16.8. The average Bonchev–Trinajstić information content (AvgIpc) is 1.88. The molecule has 0 saturated carbocycles. The molecule has 0 aromatic heterocycles. The van der Waals surface area contributed by atoms with E-state index in [2.05, 4.69) is 25.8 Å². The van der Waals surface area contributed by atoms with Gasteiger partial charge >= 0.3 is 23.5 Å². The molecule has 0 bridgehead atoms. The Balaban J connectivity index is 0. The standard InChI is InChI=1S/C3Cl6O3.C2Cl4O2/c4-2(5,6)11-1(10)12-3(7,8)9;3-1(7)8-2(4,5)6. The van der Waals surface area contributed by atoms with Crippen LogP contribution in [0.15, 0.2) is 0 Å². The molecule has 0 fully saturated rings. The van der Waals surface area contributed by atoms with Crippen molar-refractivity contribution in [1.29, 1.82) is 0 Å². The fraction of sp³-hybridized carbons (Fsp3) is 0.600. The summed E-state index contributed by atoms with van der Waals surface area (Å²) in [6.45, 7) is 0.